The van der Waals surface area contributed by atoms with Crippen molar-refractivity contribution in [1.29, 1.82) is 0 Å². The van der Waals surface area contributed by atoms with Crippen LogP contribution >= 0.6 is 0 Å². The fourth-order valence-corrected chi connectivity index (χ4v) is 1.69. The van der Waals surface area contributed by atoms with Crippen molar-refractivity contribution in [2.24, 2.45) is 5.41 Å². The van der Waals surface area contributed by atoms with Crippen molar-refractivity contribution in [1.82, 2.24) is 0 Å². The third-order valence-electron chi connectivity index (χ3n) is 3.21. The molecule has 4 heteroatoms. The topological polar surface area (TPSA) is 52.6 Å². The zero-order chi connectivity index (χ0) is 16.8. The molecule has 0 aromatic rings. The SMILES string of the molecule is C=C(C)C(=O)OC(CCCC)(OC(=O)C(=C)C)C(C)(C)C. The van der Waals surface area contributed by atoms with Crippen molar-refractivity contribution in [2.75, 3.05) is 0 Å². The quantitative estimate of drug-likeness (QED) is 0.402. The van der Waals surface area contributed by atoms with E-state index >= 15 is 0 Å². The van der Waals surface area contributed by atoms with Crippen LogP contribution in [0.1, 0.15) is 60.8 Å². The Hall–Kier alpha value is -1.58. The summed E-state index contributed by atoms with van der Waals surface area (Å²) in [4.78, 5) is 24.0. The van der Waals surface area contributed by atoms with Crippen LogP contribution in [0, 0.1) is 5.41 Å². The van der Waals surface area contributed by atoms with Crippen molar-refractivity contribution in [2.45, 2.75) is 66.6 Å². The van der Waals surface area contributed by atoms with E-state index in [1.807, 2.05) is 27.7 Å². The first-order valence-corrected chi connectivity index (χ1v) is 7.24. The van der Waals surface area contributed by atoms with Gasteiger partial charge in [-0.1, -0.05) is 47.3 Å². The van der Waals surface area contributed by atoms with Gasteiger partial charge in [-0.05, 0) is 20.3 Å². The predicted molar refractivity (Wildman–Crippen MR) is 83.5 cm³/mol. The summed E-state index contributed by atoms with van der Waals surface area (Å²) in [6, 6.07) is 0. The van der Waals surface area contributed by atoms with Crippen LogP contribution in [0.4, 0.5) is 0 Å². The van der Waals surface area contributed by atoms with E-state index in [1.165, 1.54) is 0 Å². The van der Waals surface area contributed by atoms with Gasteiger partial charge >= 0.3 is 11.9 Å². The summed E-state index contributed by atoms with van der Waals surface area (Å²) in [5.74, 6) is -2.44. The molecule has 0 amide bonds. The summed E-state index contributed by atoms with van der Waals surface area (Å²) in [6.07, 6.45) is 2.10. The summed E-state index contributed by atoms with van der Waals surface area (Å²) < 4.78 is 11.1. The molecule has 0 N–H and O–H groups in total. The van der Waals surface area contributed by atoms with Crippen LogP contribution in [0.2, 0.25) is 0 Å². The molecule has 0 aromatic carbocycles. The Labute approximate surface area is 128 Å². The molecule has 0 spiro atoms. The summed E-state index contributed by atoms with van der Waals surface area (Å²) in [6.45, 7) is 17.9. The normalized spacial score (nSPS) is 11.7. The Morgan fingerprint density at radius 2 is 1.33 bits per heavy atom. The fraction of sp³-hybridized carbons (Fsp3) is 0.647. The maximum absolute atomic E-state index is 12.0. The van der Waals surface area contributed by atoms with Gasteiger partial charge in [-0.3, -0.25) is 0 Å². The molecule has 0 atom stereocenters. The second kappa shape index (κ2) is 7.43. The van der Waals surface area contributed by atoms with E-state index in [4.69, 9.17) is 9.47 Å². The molecular weight excluding hydrogens is 268 g/mol. The Morgan fingerprint density at radius 1 is 0.952 bits per heavy atom. The number of carbonyl (C=O) groups is 2. The summed E-state index contributed by atoms with van der Waals surface area (Å²) >= 11 is 0. The lowest BCUT2D eigenvalue weighted by atomic mass is 9.81. The Kier molecular flexibility index (Phi) is 6.88. The van der Waals surface area contributed by atoms with Crippen LogP contribution in [0.3, 0.4) is 0 Å². The molecule has 0 heterocycles. The molecule has 0 fully saturated rings. The lowest BCUT2D eigenvalue weighted by molar-refractivity contribution is -0.263. The number of ether oxygens (including phenoxy) is 2. The Balaban J connectivity index is 5.62. The molecular formula is C17H28O4. The number of unbranched alkanes of at least 4 members (excludes halogenated alkanes) is 1. The Morgan fingerprint density at radius 3 is 1.57 bits per heavy atom. The van der Waals surface area contributed by atoms with Gasteiger partial charge in [0.15, 0.2) is 0 Å². The van der Waals surface area contributed by atoms with Crippen LogP contribution < -0.4 is 0 Å². The first-order chi connectivity index (χ1) is 9.47. The van der Waals surface area contributed by atoms with Gasteiger partial charge in [-0.2, -0.15) is 0 Å². The minimum Gasteiger partial charge on any atom is -0.419 e. The first-order valence-electron chi connectivity index (χ1n) is 7.24. The van der Waals surface area contributed by atoms with Crippen molar-refractivity contribution in [3.63, 3.8) is 0 Å². The van der Waals surface area contributed by atoms with Crippen LogP contribution in [-0.4, -0.2) is 17.7 Å². The van der Waals surface area contributed by atoms with E-state index in [0.29, 0.717) is 6.42 Å². The maximum Gasteiger partial charge on any atom is 0.336 e. The van der Waals surface area contributed by atoms with Gasteiger partial charge in [0.05, 0.1) is 0 Å². The fourth-order valence-electron chi connectivity index (χ4n) is 1.69. The zero-order valence-electron chi connectivity index (χ0n) is 14.2. The number of hydrogen-bond acceptors (Lipinski definition) is 4. The average Bonchev–Trinajstić information content (AvgIpc) is 2.33. The van der Waals surface area contributed by atoms with E-state index < -0.39 is 23.1 Å². The van der Waals surface area contributed by atoms with Gasteiger partial charge in [0.2, 0.25) is 0 Å². The first kappa shape index (κ1) is 19.4. The van der Waals surface area contributed by atoms with E-state index in [2.05, 4.69) is 13.2 Å². The average molecular weight is 296 g/mol. The molecule has 0 radical (unpaired) electrons. The standard InChI is InChI=1S/C17H28O4/c1-9-10-11-17(16(6,7)8,20-14(18)12(2)3)21-15(19)13(4)5/h2,4,9-11H2,1,3,5-8H3. The molecule has 4 nitrogen and oxygen atoms in total. The molecule has 21 heavy (non-hydrogen) atoms. The van der Waals surface area contributed by atoms with E-state index in [0.717, 1.165) is 12.8 Å². The van der Waals surface area contributed by atoms with Crippen molar-refractivity contribution < 1.29 is 19.1 Å². The van der Waals surface area contributed by atoms with Gasteiger partial charge in [0.1, 0.15) is 0 Å². The van der Waals surface area contributed by atoms with Crippen LogP contribution in [0.25, 0.3) is 0 Å². The molecule has 0 aliphatic rings. The third-order valence-corrected chi connectivity index (χ3v) is 3.21. The number of hydrogen-bond donors (Lipinski definition) is 0. The molecule has 0 saturated heterocycles. The van der Waals surface area contributed by atoms with Crippen LogP contribution in [0.5, 0.6) is 0 Å². The minimum atomic E-state index is -1.32. The van der Waals surface area contributed by atoms with Crippen molar-refractivity contribution in [3.05, 3.63) is 24.3 Å². The molecule has 0 unspecified atom stereocenters. The van der Waals surface area contributed by atoms with E-state index in [9.17, 15) is 9.59 Å². The van der Waals surface area contributed by atoms with Crippen LogP contribution in [0.15, 0.2) is 24.3 Å². The monoisotopic (exact) mass is 296 g/mol. The summed E-state index contributed by atoms with van der Waals surface area (Å²) in [5.41, 5.74) is -0.0312. The highest BCUT2D eigenvalue weighted by Crippen LogP contribution is 2.40. The summed E-state index contributed by atoms with van der Waals surface area (Å²) in [7, 11) is 0. The molecule has 0 aliphatic heterocycles. The highest BCUT2D eigenvalue weighted by atomic mass is 16.7. The second-order valence-electron chi connectivity index (χ2n) is 6.45. The molecule has 0 aliphatic carbocycles. The van der Waals surface area contributed by atoms with Gasteiger partial charge in [-0.15, -0.1) is 0 Å². The predicted octanol–water partition coefficient (Wildman–Crippen LogP) is 4.16. The number of carbonyl (C=O) groups excluding carboxylic acids is 2. The lowest BCUT2D eigenvalue weighted by Crippen LogP contribution is -2.50. The van der Waals surface area contributed by atoms with Gasteiger partial charge in [-0.25, -0.2) is 9.59 Å². The van der Waals surface area contributed by atoms with Gasteiger partial charge in [0.25, 0.3) is 5.79 Å². The summed E-state index contributed by atoms with van der Waals surface area (Å²) in [5, 5.41) is 0. The zero-order valence-corrected chi connectivity index (χ0v) is 14.2. The van der Waals surface area contributed by atoms with E-state index in [-0.39, 0.29) is 11.1 Å². The van der Waals surface area contributed by atoms with Crippen LogP contribution in [-0.2, 0) is 19.1 Å². The van der Waals surface area contributed by atoms with E-state index in [1.54, 1.807) is 13.8 Å². The third kappa shape index (κ3) is 5.37. The molecule has 0 aromatic heterocycles. The number of esters is 2. The smallest absolute Gasteiger partial charge is 0.336 e. The lowest BCUT2D eigenvalue weighted by Gasteiger charge is -2.42. The molecule has 0 rings (SSSR count). The Bertz CT molecular complexity index is 399. The van der Waals surface area contributed by atoms with Crippen molar-refractivity contribution >= 4 is 11.9 Å². The van der Waals surface area contributed by atoms with Crippen molar-refractivity contribution in [3.8, 4) is 0 Å². The highest BCUT2D eigenvalue weighted by molar-refractivity contribution is 5.89. The molecule has 0 bridgehead atoms. The van der Waals surface area contributed by atoms with Gasteiger partial charge < -0.3 is 9.47 Å². The second-order valence-corrected chi connectivity index (χ2v) is 6.45. The highest BCUT2D eigenvalue weighted by Gasteiger charge is 2.49. The van der Waals surface area contributed by atoms with Gasteiger partial charge in [0, 0.05) is 23.0 Å². The molecule has 120 valence electrons. The maximum atomic E-state index is 12.0. The number of rotatable bonds is 7. The largest absolute Gasteiger partial charge is 0.419 e. The minimum absolute atomic E-state index is 0.270. The molecule has 0 saturated carbocycles.